The Bertz CT molecular complexity index is 1060. The number of Topliss-reactive ketones (excluding diaryl/α,β-unsaturated/α-hetero) is 1. The summed E-state index contributed by atoms with van der Waals surface area (Å²) in [6, 6.07) is 17.4. The van der Waals surface area contributed by atoms with Gasteiger partial charge in [0.1, 0.15) is 5.56 Å². The van der Waals surface area contributed by atoms with Gasteiger partial charge in [-0.1, -0.05) is 61.7 Å². The molecule has 1 aliphatic rings. The van der Waals surface area contributed by atoms with Crippen LogP contribution in [0.25, 0.3) is 5.69 Å². The summed E-state index contributed by atoms with van der Waals surface area (Å²) in [4.78, 5) is 25.3. The molecule has 0 bridgehead atoms. The van der Waals surface area contributed by atoms with Crippen molar-refractivity contribution >= 4 is 11.8 Å². The van der Waals surface area contributed by atoms with Crippen LogP contribution in [0.15, 0.2) is 54.6 Å². The smallest absolute Gasteiger partial charge is 0.342 e. The molecule has 0 unspecified atom stereocenters. The lowest BCUT2D eigenvalue weighted by atomic mass is 9.84. The van der Waals surface area contributed by atoms with Crippen LogP contribution in [0.4, 0.5) is 0 Å². The van der Waals surface area contributed by atoms with E-state index in [1.807, 2.05) is 61.5 Å². The second kappa shape index (κ2) is 9.29. The number of carbonyl (C=O) groups excluding carboxylic acids is 2. The zero-order valence-corrected chi connectivity index (χ0v) is 18.1. The number of esters is 1. The van der Waals surface area contributed by atoms with Gasteiger partial charge in [-0.3, -0.25) is 4.79 Å². The number of ketones is 1. The van der Waals surface area contributed by atoms with E-state index in [2.05, 4.69) is 5.10 Å². The first kappa shape index (κ1) is 21.0. The van der Waals surface area contributed by atoms with Gasteiger partial charge in [-0.25, -0.2) is 9.48 Å². The van der Waals surface area contributed by atoms with E-state index in [0.29, 0.717) is 28.4 Å². The van der Waals surface area contributed by atoms with Crippen molar-refractivity contribution in [1.82, 2.24) is 9.78 Å². The van der Waals surface area contributed by atoms with E-state index in [1.165, 1.54) is 37.7 Å². The summed E-state index contributed by atoms with van der Waals surface area (Å²) >= 11 is 0. The maximum Gasteiger partial charge on any atom is 0.342 e. The Hall–Kier alpha value is -3.21. The first-order chi connectivity index (χ1) is 15.0. The Morgan fingerprint density at radius 2 is 1.65 bits per heavy atom. The van der Waals surface area contributed by atoms with Gasteiger partial charge in [0.05, 0.1) is 17.1 Å². The van der Waals surface area contributed by atoms with Crippen molar-refractivity contribution in [3.63, 3.8) is 0 Å². The van der Waals surface area contributed by atoms with Gasteiger partial charge in [-0.2, -0.15) is 5.10 Å². The predicted molar refractivity (Wildman–Crippen MR) is 120 cm³/mol. The fourth-order valence-electron chi connectivity index (χ4n) is 4.42. The van der Waals surface area contributed by atoms with E-state index in [9.17, 15) is 9.59 Å². The summed E-state index contributed by atoms with van der Waals surface area (Å²) in [5.41, 5.74) is 4.42. The summed E-state index contributed by atoms with van der Waals surface area (Å²) in [5, 5.41) is 4.47. The molecular weight excluding hydrogens is 388 g/mol. The fourth-order valence-corrected chi connectivity index (χ4v) is 4.42. The number of para-hydroxylation sites is 1. The van der Waals surface area contributed by atoms with Crippen LogP contribution in [-0.2, 0) is 4.74 Å². The summed E-state index contributed by atoms with van der Waals surface area (Å²) in [6.45, 7) is 3.32. The van der Waals surface area contributed by atoms with Crippen molar-refractivity contribution in [1.29, 1.82) is 0 Å². The third kappa shape index (κ3) is 4.61. The van der Waals surface area contributed by atoms with Crippen LogP contribution >= 0.6 is 0 Å². The number of benzene rings is 2. The zero-order chi connectivity index (χ0) is 21.8. The highest BCUT2D eigenvalue weighted by Crippen LogP contribution is 2.32. The molecule has 3 aromatic rings. The third-order valence-electron chi connectivity index (χ3n) is 6.14. The molecule has 1 aliphatic carbocycles. The molecule has 0 atom stereocenters. The Labute approximate surface area is 183 Å². The molecule has 5 heteroatoms. The van der Waals surface area contributed by atoms with Gasteiger partial charge in [0, 0.05) is 5.56 Å². The highest BCUT2D eigenvalue weighted by atomic mass is 16.5. The normalized spacial score (nSPS) is 14.4. The van der Waals surface area contributed by atoms with Crippen LogP contribution in [0.5, 0.6) is 0 Å². The molecule has 1 saturated carbocycles. The molecule has 5 nitrogen and oxygen atoms in total. The zero-order valence-electron chi connectivity index (χ0n) is 18.1. The first-order valence-corrected chi connectivity index (χ1v) is 11.0. The van der Waals surface area contributed by atoms with Crippen LogP contribution in [-0.4, -0.2) is 28.1 Å². The minimum absolute atomic E-state index is 0.200. The molecule has 0 aliphatic heterocycles. The third-order valence-corrected chi connectivity index (χ3v) is 6.14. The number of ether oxygens (including phenoxy) is 1. The Morgan fingerprint density at radius 3 is 2.32 bits per heavy atom. The largest absolute Gasteiger partial charge is 0.454 e. The van der Waals surface area contributed by atoms with E-state index in [4.69, 9.17) is 4.74 Å². The van der Waals surface area contributed by atoms with Crippen molar-refractivity contribution in [3.8, 4) is 5.69 Å². The van der Waals surface area contributed by atoms with Crippen LogP contribution in [0, 0.1) is 13.8 Å². The van der Waals surface area contributed by atoms with Gasteiger partial charge in [-0.15, -0.1) is 0 Å². The molecule has 31 heavy (non-hydrogen) atoms. The van der Waals surface area contributed by atoms with Crippen molar-refractivity contribution in [2.75, 3.05) is 6.61 Å². The van der Waals surface area contributed by atoms with Crippen molar-refractivity contribution < 1.29 is 14.3 Å². The highest BCUT2D eigenvalue weighted by Gasteiger charge is 2.22. The summed E-state index contributed by atoms with van der Waals surface area (Å²) in [7, 11) is 0. The Kier molecular flexibility index (Phi) is 6.31. The van der Waals surface area contributed by atoms with E-state index in [1.54, 1.807) is 11.6 Å². The summed E-state index contributed by atoms with van der Waals surface area (Å²) in [5.74, 6) is -0.124. The molecule has 0 radical (unpaired) electrons. The fraction of sp³-hybridized carbons (Fsp3) is 0.346. The summed E-state index contributed by atoms with van der Waals surface area (Å²) < 4.78 is 7.08. The van der Waals surface area contributed by atoms with Crippen LogP contribution in [0.1, 0.15) is 75.7 Å². The number of nitrogens with zero attached hydrogens (tertiary/aromatic N) is 2. The summed E-state index contributed by atoms with van der Waals surface area (Å²) in [6.07, 6.45) is 6.32. The molecule has 4 rings (SSSR count). The molecule has 0 amide bonds. The highest BCUT2D eigenvalue weighted by molar-refractivity contribution is 5.99. The van der Waals surface area contributed by atoms with E-state index >= 15 is 0 Å². The molecule has 1 aromatic heterocycles. The van der Waals surface area contributed by atoms with Crippen molar-refractivity contribution in [3.05, 3.63) is 82.7 Å². The van der Waals surface area contributed by atoms with E-state index in [0.717, 1.165) is 5.69 Å². The molecule has 0 saturated heterocycles. The van der Waals surface area contributed by atoms with Gasteiger partial charge in [0.2, 0.25) is 0 Å². The average molecular weight is 417 g/mol. The van der Waals surface area contributed by atoms with Gasteiger partial charge in [-0.05, 0) is 50.3 Å². The maximum atomic E-state index is 12.7. The topological polar surface area (TPSA) is 61.2 Å². The SMILES string of the molecule is Cc1nn(-c2ccccc2)c(C)c1C(=O)OCC(=O)c1ccc(C2CCCCC2)cc1. The monoisotopic (exact) mass is 416 g/mol. The molecule has 0 N–H and O–H groups in total. The standard InChI is InChI=1S/C26H28N2O3/c1-18-25(19(2)28(27-18)23-11-7-4-8-12-23)26(30)31-17-24(29)22-15-13-21(14-16-22)20-9-5-3-6-10-20/h4,7-8,11-16,20H,3,5-6,9-10,17H2,1-2H3. The quantitative estimate of drug-likeness (QED) is 0.389. The van der Waals surface area contributed by atoms with Gasteiger partial charge in [0.25, 0.3) is 0 Å². The Morgan fingerprint density at radius 1 is 0.968 bits per heavy atom. The van der Waals surface area contributed by atoms with Crippen molar-refractivity contribution in [2.45, 2.75) is 51.9 Å². The van der Waals surface area contributed by atoms with Crippen LogP contribution in [0.3, 0.4) is 0 Å². The first-order valence-electron chi connectivity index (χ1n) is 11.0. The number of carbonyl (C=O) groups is 2. The second-order valence-corrected chi connectivity index (χ2v) is 8.25. The predicted octanol–water partition coefficient (Wildman–Crippen LogP) is 5.58. The van der Waals surface area contributed by atoms with Gasteiger partial charge >= 0.3 is 5.97 Å². The molecular formula is C26H28N2O3. The second-order valence-electron chi connectivity index (χ2n) is 8.25. The lowest BCUT2D eigenvalue weighted by Gasteiger charge is -2.22. The minimum Gasteiger partial charge on any atom is -0.454 e. The lowest BCUT2D eigenvalue weighted by molar-refractivity contribution is 0.0473. The van der Waals surface area contributed by atoms with E-state index < -0.39 is 5.97 Å². The molecule has 160 valence electrons. The number of aryl methyl sites for hydroxylation is 1. The average Bonchev–Trinajstić information content (AvgIpc) is 3.12. The van der Waals surface area contributed by atoms with Gasteiger partial charge in [0.15, 0.2) is 12.4 Å². The maximum absolute atomic E-state index is 12.7. The van der Waals surface area contributed by atoms with E-state index in [-0.39, 0.29) is 12.4 Å². The number of aromatic nitrogens is 2. The number of hydrogen-bond donors (Lipinski definition) is 0. The molecule has 2 aromatic carbocycles. The lowest BCUT2D eigenvalue weighted by Crippen LogP contribution is -2.15. The van der Waals surface area contributed by atoms with Crippen LogP contribution < -0.4 is 0 Å². The Balaban J connectivity index is 1.41. The minimum atomic E-state index is -0.524. The van der Waals surface area contributed by atoms with Gasteiger partial charge < -0.3 is 4.74 Å². The number of rotatable bonds is 6. The molecule has 1 fully saturated rings. The van der Waals surface area contributed by atoms with Crippen molar-refractivity contribution in [2.24, 2.45) is 0 Å². The number of hydrogen-bond acceptors (Lipinski definition) is 4. The molecule has 0 spiro atoms. The molecule has 1 heterocycles. The van der Waals surface area contributed by atoms with Crippen LogP contribution in [0.2, 0.25) is 0 Å².